The van der Waals surface area contributed by atoms with Crippen LogP contribution in [0.3, 0.4) is 0 Å². The lowest BCUT2D eigenvalue weighted by Crippen LogP contribution is -2.00. The Morgan fingerprint density at radius 1 is 1.53 bits per heavy atom. The van der Waals surface area contributed by atoms with Crippen molar-refractivity contribution in [3.63, 3.8) is 0 Å². The predicted molar refractivity (Wildman–Crippen MR) is 62.4 cm³/mol. The van der Waals surface area contributed by atoms with E-state index in [4.69, 9.17) is 16.3 Å². The second kappa shape index (κ2) is 5.79. The van der Waals surface area contributed by atoms with E-state index in [1.807, 2.05) is 19.1 Å². The third-order valence-corrected chi connectivity index (χ3v) is 2.23. The van der Waals surface area contributed by atoms with Crippen molar-refractivity contribution in [2.24, 2.45) is 0 Å². The van der Waals surface area contributed by atoms with Crippen molar-refractivity contribution < 1.29 is 9.84 Å². The molecule has 0 saturated carbocycles. The fourth-order valence-corrected chi connectivity index (χ4v) is 1.39. The summed E-state index contributed by atoms with van der Waals surface area (Å²) in [7, 11) is 0. The quantitative estimate of drug-likeness (QED) is 0.798. The van der Waals surface area contributed by atoms with Crippen LogP contribution in [-0.4, -0.2) is 11.7 Å². The van der Waals surface area contributed by atoms with Gasteiger partial charge in [0, 0.05) is 10.6 Å². The van der Waals surface area contributed by atoms with Gasteiger partial charge in [-0.2, -0.15) is 0 Å². The Labute approximate surface area is 95.1 Å². The van der Waals surface area contributed by atoms with Gasteiger partial charge in [0.25, 0.3) is 0 Å². The van der Waals surface area contributed by atoms with Gasteiger partial charge < -0.3 is 9.84 Å². The minimum absolute atomic E-state index is 0.498. The Hall–Kier alpha value is -0.990. The summed E-state index contributed by atoms with van der Waals surface area (Å²) in [6.45, 7) is 4.12. The summed E-state index contributed by atoms with van der Waals surface area (Å²) in [5.74, 6) is 0.674. The summed E-state index contributed by atoms with van der Waals surface area (Å²) in [4.78, 5) is 0. The molecule has 0 fully saturated rings. The molecular formula is C12H15ClO2. The summed E-state index contributed by atoms with van der Waals surface area (Å²) < 4.78 is 5.49. The zero-order valence-corrected chi connectivity index (χ0v) is 9.66. The number of aliphatic hydroxyl groups excluding tert-OH is 1. The molecule has 0 spiro atoms. The minimum atomic E-state index is -0.579. The summed E-state index contributed by atoms with van der Waals surface area (Å²) in [6.07, 6.45) is 3.24. The van der Waals surface area contributed by atoms with Gasteiger partial charge in [0.05, 0.1) is 6.10 Å². The average molecular weight is 227 g/mol. The summed E-state index contributed by atoms with van der Waals surface area (Å²) in [5.41, 5.74) is 0.715. The van der Waals surface area contributed by atoms with E-state index >= 15 is 0 Å². The summed E-state index contributed by atoms with van der Waals surface area (Å²) in [6, 6.07) is 5.24. The maximum Gasteiger partial charge on any atom is 0.125 e. The molecule has 2 nitrogen and oxygen atoms in total. The molecule has 0 aromatic heterocycles. The van der Waals surface area contributed by atoms with E-state index in [1.165, 1.54) is 0 Å². The van der Waals surface area contributed by atoms with Crippen LogP contribution in [0.15, 0.2) is 30.4 Å². The minimum Gasteiger partial charge on any atom is -0.489 e. The van der Waals surface area contributed by atoms with Gasteiger partial charge in [-0.3, -0.25) is 0 Å². The molecule has 0 aliphatic carbocycles. The van der Waals surface area contributed by atoms with E-state index in [1.54, 1.807) is 25.1 Å². The topological polar surface area (TPSA) is 29.5 Å². The maximum absolute atomic E-state index is 9.53. The summed E-state index contributed by atoms with van der Waals surface area (Å²) in [5, 5.41) is 10.1. The SMILES string of the molecule is CC=CCOc1ccc(Cl)cc1[C@H](C)O. The smallest absolute Gasteiger partial charge is 0.125 e. The van der Waals surface area contributed by atoms with Gasteiger partial charge in [0.1, 0.15) is 12.4 Å². The van der Waals surface area contributed by atoms with E-state index in [2.05, 4.69) is 0 Å². The average Bonchev–Trinajstić information content (AvgIpc) is 2.20. The number of hydrogen-bond donors (Lipinski definition) is 1. The molecule has 0 saturated heterocycles. The van der Waals surface area contributed by atoms with Crippen molar-refractivity contribution >= 4 is 11.6 Å². The van der Waals surface area contributed by atoms with Crippen LogP contribution in [-0.2, 0) is 0 Å². The molecule has 0 radical (unpaired) electrons. The molecule has 0 unspecified atom stereocenters. The van der Waals surface area contributed by atoms with E-state index in [0.29, 0.717) is 22.9 Å². The van der Waals surface area contributed by atoms with Crippen molar-refractivity contribution in [1.82, 2.24) is 0 Å². The van der Waals surface area contributed by atoms with Crippen LogP contribution < -0.4 is 4.74 Å². The standard InChI is InChI=1S/C12H15ClO2/c1-3-4-7-15-12-6-5-10(13)8-11(12)9(2)14/h3-6,8-9,14H,7H2,1-2H3/t9-/m0/s1. The fourth-order valence-electron chi connectivity index (χ4n) is 1.21. The maximum atomic E-state index is 9.53. The van der Waals surface area contributed by atoms with Crippen LogP contribution in [0.1, 0.15) is 25.5 Å². The lowest BCUT2D eigenvalue weighted by atomic mass is 10.1. The molecule has 0 aliphatic rings. The van der Waals surface area contributed by atoms with Crippen molar-refractivity contribution in [1.29, 1.82) is 0 Å². The molecule has 3 heteroatoms. The predicted octanol–water partition coefficient (Wildman–Crippen LogP) is 3.35. The summed E-state index contributed by atoms with van der Waals surface area (Å²) >= 11 is 5.84. The van der Waals surface area contributed by atoms with Crippen LogP contribution in [0.4, 0.5) is 0 Å². The highest BCUT2D eigenvalue weighted by Gasteiger charge is 2.09. The number of halogens is 1. The first-order chi connectivity index (χ1) is 7.15. The first-order valence-corrected chi connectivity index (χ1v) is 5.24. The number of ether oxygens (including phenoxy) is 1. The number of aliphatic hydroxyl groups is 1. The van der Waals surface area contributed by atoms with E-state index in [9.17, 15) is 5.11 Å². The number of rotatable bonds is 4. The molecule has 0 aliphatic heterocycles. The van der Waals surface area contributed by atoms with Crippen LogP contribution in [0.5, 0.6) is 5.75 Å². The lowest BCUT2D eigenvalue weighted by Gasteiger charge is -2.12. The molecule has 0 amide bonds. The molecule has 1 aromatic rings. The highest BCUT2D eigenvalue weighted by atomic mass is 35.5. The molecule has 1 aromatic carbocycles. The Morgan fingerprint density at radius 2 is 2.27 bits per heavy atom. The highest BCUT2D eigenvalue weighted by Crippen LogP contribution is 2.28. The van der Waals surface area contributed by atoms with E-state index in [-0.39, 0.29) is 0 Å². The van der Waals surface area contributed by atoms with Crippen molar-refractivity contribution in [3.05, 3.63) is 40.9 Å². The zero-order valence-electron chi connectivity index (χ0n) is 8.90. The van der Waals surface area contributed by atoms with Gasteiger partial charge in [-0.05, 0) is 32.0 Å². The van der Waals surface area contributed by atoms with Crippen LogP contribution in [0.2, 0.25) is 5.02 Å². The van der Waals surface area contributed by atoms with Crippen molar-refractivity contribution in [3.8, 4) is 5.75 Å². The Morgan fingerprint density at radius 3 is 2.87 bits per heavy atom. The first-order valence-electron chi connectivity index (χ1n) is 4.86. The molecule has 82 valence electrons. The van der Waals surface area contributed by atoms with Gasteiger partial charge in [-0.1, -0.05) is 23.8 Å². The van der Waals surface area contributed by atoms with Crippen LogP contribution in [0.25, 0.3) is 0 Å². The van der Waals surface area contributed by atoms with Crippen molar-refractivity contribution in [2.45, 2.75) is 20.0 Å². The number of hydrogen-bond acceptors (Lipinski definition) is 2. The lowest BCUT2D eigenvalue weighted by molar-refractivity contribution is 0.193. The molecule has 1 atom stereocenters. The van der Waals surface area contributed by atoms with Crippen molar-refractivity contribution in [2.75, 3.05) is 6.61 Å². The second-order valence-electron chi connectivity index (χ2n) is 3.24. The van der Waals surface area contributed by atoms with Gasteiger partial charge in [0.2, 0.25) is 0 Å². The second-order valence-corrected chi connectivity index (χ2v) is 3.67. The van der Waals surface area contributed by atoms with E-state index in [0.717, 1.165) is 0 Å². The van der Waals surface area contributed by atoms with Gasteiger partial charge >= 0.3 is 0 Å². The molecular weight excluding hydrogens is 212 g/mol. The first kappa shape index (κ1) is 12.1. The van der Waals surface area contributed by atoms with Gasteiger partial charge in [0.15, 0.2) is 0 Å². The van der Waals surface area contributed by atoms with Crippen LogP contribution in [0, 0.1) is 0 Å². The molecule has 1 rings (SSSR count). The Kier molecular flexibility index (Phi) is 4.66. The molecule has 0 heterocycles. The number of allylic oxidation sites excluding steroid dienone is 1. The molecule has 15 heavy (non-hydrogen) atoms. The number of benzene rings is 1. The Bertz CT molecular complexity index is 345. The molecule has 1 N–H and O–H groups in total. The van der Waals surface area contributed by atoms with Gasteiger partial charge in [-0.25, -0.2) is 0 Å². The van der Waals surface area contributed by atoms with Gasteiger partial charge in [-0.15, -0.1) is 0 Å². The normalized spacial score (nSPS) is 13.1. The van der Waals surface area contributed by atoms with E-state index < -0.39 is 6.10 Å². The zero-order chi connectivity index (χ0) is 11.3. The third kappa shape index (κ3) is 3.57. The molecule has 0 bridgehead atoms. The largest absolute Gasteiger partial charge is 0.489 e. The fraction of sp³-hybridized carbons (Fsp3) is 0.333. The Balaban J connectivity index is 2.85. The van der Waals surface area contributed by atoms with Crippen LogP contribution >= 0.6 is 11.6 Å². The third-order valence-electron chi connectivity index (χ3n) is 1.99. The monoisotopic (exact) mass is 226 g/mol. The highest BCUT2D eigenvalue weighted by molar-refractivity contribution is 6.30.